The Labute approximate surface area is 160 Å². The van der Waals surface area contributed by atoms with Gasteiger partial charge in [0.25, 0.3) is 11.8 Å². The maximum absolute atomic E-state index is 12.7. The average Bonchev–Trinajstić information content (AvgIpc) is 3.22. The molecule has 0 unspecified atom stereocenters. The van der Waals surface area contributed by atoms with Gasteiger partial charge in [-0.3, -0.25) is 9.69 Å². The first-order chi connectivity index (χ1) is 13.3. The lowest BCUT2D eigenvalue weighted by atomic mass is 9.94. The summed E-state index contributed by atoms with van der Waals surface area (Å²) in [6.07, 6.45) is 6.66. The summed E-state index contributed by atoms with van der Waals surface area (Å²) in [7, 11) is 0. The van der Waals surface area contributed by atoms with Crippen LogP contribution in [0.5, 0.6) is 5.88 Å². The van der Waals surface area contributed by atoms with E-state index in [1.807, 2.05) is 35.2 Å². The van der Waals surface area contributed by atoms with Crippen molar-refractivity contribution in [2.45, 2.75) is 44.8 Å². The number of hydrogen-bond acceptors (Lipinski definition) is 5. The van der Waals surface area contributed by atoms with Crippen molar-refractivity contribution in [1.29, 1.82) is 0 Å². The maximum atomic E-state index is 12.7. The molecule has 0 atom stereocenters. The zero-order valence-corrected chi connectivity index (χ0v) is 15.7. The van der Waals surface area contributed by atoms with E-state index in [2.05, 4.69) is 10.1 Å². The highest BCUT2D eigenvalue weighted by molar-refractivity contribution is 5.91. The highest BCUT2D eigenvalue weighted by atomic mass is 16.5. The maximum Gasteiger partial charge on any atom is 0.292 e. The van der Waals surface area contributed by atoms with Crippen LogP contribution in [0.2, 0.25) is 0 Å². The van der Waals surface area contributed by atoms with E-state index < -0.39 is 0 Å². The van der Waals surface area contributed by atoms with Crippen LogP contribution in [0.3, 0.4) is 0 Å². The quantitative estimate of drug-likeness (QED) is 0.809. The van der Waals surface area contributed by atoms with Gasteiger partial charge < -0.3 is 14.2 Å². The smallest absolute Gasteiger partial charge is 0.292 e. The molecule has 1 saturated heterocycles. The van der Waals surface area contributed by atoms with Crippen molar-refractivity contribution in [2.24, 2.45) is 0 Å². The van der Waals surface area contributed by atoms with Crippen LogP contribution >= 0.6 is 0 Å². The van der Waals surface area contributed by atoms with E-state index >= 15 is 0 Å². The number of amides is 1. The number of piperazine rings is 1. The zero-order valence-electron chi connectivity index (χ0n) is 15.7. The Bertz CT molecular complexity index is 732. The minimum absolute atomic E-state index is 0.0969. The van der Waals surface area contributed by atoms with E-state index in [0.717, 1.165) is 31.7 Å². The third-order valence-electron chi connectivity index (χ3n) is 5.62. The van der Waals surface area contributed by atoms with Gasteiger partial charge in [0.15, 0.2) is 0 Å². The molecule has 1 amide bonds. The molecule has 144 valence electrons. The van der Waals surface area contributed by atoms with E-state index in [4.69, 9.17) is 9.26 Å². The molecule has 1 aromatic heterocycles. The molecule has 1 aliphatic heterocycles. The molecule has 1 aromatic carbocycles. The number of aromatic nitrogens is 1. The standard InChI is InChI=1S/C21H27N3O3/c25-21(24-13-11-23(12-14-24)18-9-5-2-6-10-18)19-15-20(22-27-19)26-16-17-7-3-1-4-8-17/h1,3-4,7-8,15,18H,2,5-6,9-14,16H2. The summed E-state index contributed by atoms with van der Waals surface area (Å²) >= 11 is 0. The largest absolute Gasteiger partial charge is 0.471 e. The molecular weight excluding hydrogens is 342 g/mol. The lowest BCUT2D eigenvalue weighted by Crippen LogP contribution is -2.52. The normalized spacial score (nSPS) is 19.2. The minimum Gasteiger partial charge on any atom is -0.471 e. The first kappa shape index (κ1) is 18.0. The van der Waals surface area contributed by atoms with Gasteiger partial charge >= 0.3 is 0 Å². The SMILES string of the molecule is O=C(c1cc(OCc2ccccc2)no1)N1CCN(C2CCCCC2)CC1. The molecular formula is C21H27N3O3. The van der Waals surface area contributed by atoms with Gasteiger partial charge in [-0.05, 0) is 23.6 Å². The molecule has 6 heteroatoms. The number of benzene rings is 1. The highest BCUT2D eigenvalue weighted by Gasteiger charge is 2.29. The predicted molar refractivity (Wildman–Crippen MR) is 102 cm³/mol. The van der Waals surface area contributed by atoms with Gasteiger partial charge in [0.05, 0.1) is 6.07 Å². The molecule has 1 saturated carbocycles. The molecule has 6 nitrogen and oxygen atoms in total. The van der Waals surface area contributed by atoms with E-state index in [9.17, 15) is 4.79 Å². The molecule has 2 aliphatic rings. The molecule has 2 fully saturated rings. The predicted octanol–water partition coefficient (Wildman–Crippen LogP) is 3.34. The fourth-order valence-electron chi connectivity index (χ4n) is 4.05. The number of hydrogen-bond donors (Lipinski definition) is 0. The average molecular weight is 369 g/mol. The second-order valence-corrected chi connectivity index (χ2v) is 7.42. The monoisotopic (exact) mass is 369 g/mol. The van der Waals surface area contributed by atoms with Crippen molar-refractivity contribution >= 4 is 5.91 Å². The molecule has 4 rings (SSSR count). The Morgan fingerprint density at radius 3 is 2.56 bits per heavy atom. The number of carbonyl (C=O) groups is 1. The Balaban J connectivity index is 1.28. The molecule has 0 N–H and O–H groups in total. The van der Waals surface area contributed by atoms with Gasteiger partial charge in [0.2, 0.25) is 5.76 Å². The van der Waals surface area contributed by atoms with E-state index in [1.165, 1.54) is 32.1 Å². The van der Waals surface area contributed by atoms with Crippen molar-refractivity contribution in [2.75, 3.05) is 26.2 Å². The van der Waals surface area contributed by atoms with Gasteiger partial charge in [-0.1, -0.05) is 49.6 Å². The summed E-state index contributed by atoms with van der Waals surface area (Å²) in [5.74, 6) is 0.507. The summed E-state index contributed by atoms with van der Waals surface area (Å²) in [5, 5.41) is 3.88. The van der Waals surface area contributed by atoms with Crippen LogP contribution in [0.1, 0.15) is 48.2 Å². The third kappa shape index (κ3) is 4.50. The van der Waals surface area contributed by atoms with Gasteiger partial charge in [-0.2, -0.15) is 0 Å². The highest BCUT2D eigenvalue weighted by Crippen LogP contribution is 2.24. The molecule has 0 spiro atoms. The molecule has 0 bridgehead atoms. The van der Waals surface area contributed by atoms with E-state index in [-0.39, 0.29) is 11.7 Å². The fourth-order valence-corrected chi connectivity index (χ4v) is 4.05. The summed E-state index contributed by atoms with van der Waals surface area (Å²) in [5.41, 5.74) is 1.05. The lowest BCUT2D eigenvalue weighted by molar-refractivity contribution is 0.0489. The van der Waals surface area contributed by atoms with Crippen LogP contribution in [0.15, 0.2) is 40.9 Å². The van der Waals surface area contributed by atoms with Gasteiger partial charge in [0.1, 0.15) is 6.61 Å². The zero-order chi connectivity index (χ0) is 18.5. The van der Waals surface area contributed by atoms with E-state index in [1.54, 1.807) is 6.07 Å². The summed E-state index contributed by atoms with van der Waals surface area (Å²) < 4.78 is 10.9. The van der Waals surface area contributed by atoms with E-state index in [0.29, 0.717) is 18.5 Å². The third-order valence-corrected chi connectivity index (χ3v) is 5.62. The minimum atomic E-state index is -0.0969. The van der Waals surface area contributed by atoms with Crippen molar-refractivity contribution in [3.8, 4) is 5.88 Å². The Morgan fingerprint density at radius 1 is 1.07 bits per heavy atom. The molecule has 1 aliphatic carbocycles. The number of nitrogens with zero attached hydrogens (tertiary/aromatic N) is 3. The number of carbonyl (C=O) groups excluding carboxylic acids is 1. The topological polar surface area (TPSA) is 58.8 Å². The van der Waals surface area contributed by atoms with Crippen LogP contribution in [0.4, 0.5) is 0 Å². The van der Waals surface area contributed by atoms with Crippen LogP contribution < -0.4 is 4.74 Å². The van der Waals surface area contributed by atoms with Crippen LogP contribution in [-0.2, 0) is 6.61 Å². The molecule has 0 radical (unpaired) electrons. The molecule has 27 heavy (non-hydrogen) atoms. The van der Waals surface area contributed by atoms with Crippen molar-refractivity contribution < 1.29 is 14.1 Å². The van der Waals surface area contributed by atoms with Crippen molar-refractivity contribution in [3.05, 3.63) is 47.7 Å². The summed E-state index contributed by atoms with van der Waals surface area (Å²) in [4.78, 5) is 17.1. The second-order valence-electron chi connectivity index (χ2n) is 7.42. The fraction of sp³-hybridized carbons (Fsp3) is 0.524. The van der Waals surface area contributed by atoms with Gasteiger partial charge in [-0.15, -0.1) is 0 Å². The Morgan fingerprint density at radius 2 is 1.81 bits per heavy atom. The van der Waals surface area contributed by atoms with Gasteiger partial charge in [-0.25, -0.2) is 0 Å². The number of ether oxygens (including phenoxy) is 1. The number of rotatable bonds is 5. The first-order valence-electron chi connectivity index (χ1n) is 9.96. The van der Waals surface area contributed by atoms with Crippen LogP contribution in [-0.4, -0.2) is 53.1 Å². The first-order valence-corrected chi connectivity index (χ1v) is 9.96. The van der Waals surface area contributed by atoms with Crippen molar-refractivity contribution in [3.63, 3.8) is 0 Å². The summed E-state index contributed by atoms with van der Waals surface area (Å²) in [6.45, 7) is 3.79. The van der Waals surface area contributed by atoms with Gasteiger partial charge in [0, 0.05) is 32.2 Å². The van der Waals surface area contributed by atoms with Crippen LogP contribution in [0, 0.1) is 0 Å². The lowest BCUT2D eigenvalue weighted by Gasteiger charge is -2.40. The summed E-state index contributed by atoms with van der Waals surface area (Å²) in [6, 6.07) is 12.2. The Hall–Kier alpha value is -2.34. The molecule has 2 heterocycles. The molecule has 2 aromatic rings. The van der Waals surface area contributed by atoms with Crippen LogP contribution in [0.25, 0.3) is 0 Å². The second kappa shape index (κ2) is 8.57. The Kier molecular flexibility index (Phi) is 5.72. The van der Waals surface area contributed by atoms with Crippen molar-refractivity contribution in [1.82, 2.24) is 15.0 Å².